The lowest BCUT2D eigenvalue weighted by atomic mass is 10.1. The van der Waals surface area contributed by atoms with Crippen molar-refractivity contribution in [3.63, 3.8) is 0 Å². The van der Waals surface area contributed by atoms with Crippen LogP contribution < -0.4 is 5.73 Å². The number of carbonyl (C=O) groups is 1. The van der Waals surface area contributed by atoms with Gasteiger partial charge in [-0.15, -0.1) is 0 Å². The van der Waals surface area contributed by atoms with Crippen molar-refractivity contribution in [2.45, 2.75) is 5.33 Å². The third kappa shape index (κ3) is 1.29. The van der Waals surface area contributed by atoms with E-state index in [0.29, 0.717) is 16.4 Å². The first-order chi connectivity index (χ1) is 6.74. The molecule has 0 unspecified atom stereocenters. The van der Waals surface area contributed by atoms with Gasteiger partial charge in [0.15, 0.2) is 0 Å². The zero-order valence-corrected chi connectivity index (χ0v) is 8.84. The van der Waals surface area contributed by atoms with Gasteiger partial charge >= 0.3 is 0 Å². The fourth-order valence-corrected chi connectivity index (χ4v) is 1.85. The van der Waals surface area contributed by atoms with Crippen LogP contribution in [0, 0.1) is 0 Å². The van der Waals surface area contributed by atoms with Crippen LogP contribution in [-0.2, 0) is 5.33 Å². The topological polar surface area (TPSA) is 71.8 Å². The van der Waals surface area contributed by atoms with Crippen LogP contribution in [-0.4, -0.2) is 15.9 Å². The molecule has 1 amide bonds. The van der Waals surface area contributed by atoms with Crippen molar-refractivity contribution in [1.29, 1.82) is 0 Å². The molecule has 14 heavy (non-hydrogen) atoms. The zero-order valence-electron chi connectivity index (χ0n) is 7.25. The number of primary amides is 1. The largest absolute Gasteiger partial charge is 0.366 e. The summed E-state index contributed by atoms with van der Waals surface area (Å²) in [5.74, 6) is -0.444. The van der Waals surface area contributed by atoms with Gasteiger partial charge in [-0.05, 0) is 11.6 Å². The Balaban J connectivity index is 2.78. The maximum absolute atomic E-state index is 11.1. The zero-order chi connectivity index (χ0) is 10.1. The second-order valence-electron chi connectivity index (χ2n) is 2.90. The number of fused-ring (bicyclic) bond motifs is 1. The lowest BCUT2D eigenvalue weighted by Crippen LogP contribution is -2.11. The number of nitrogens with one attached hydrogen (secondary N) is 1. The Kier molecular flexibility index (Phi) is 2.25. The van der Waals surface area contributed by atoms with Crippen molar-refractivity contribution in [3.05, 3.63) is 29.6 Å². The van der Waals surface area contributed by atoms with E-state index in [2.05, 4.69) is 25.9 Å². The van der Waals surface area contributed by atoms with Crippen molar-refractivity contribution in [1.82, 2.24) is 9.97 Å². The maximum atomic E-state index is 11.1. The minimum Gasteiger partial charge on any atom is -0.366 e. The molecule has 0 aliphatic heterocycles. The van der Waals surface area contributed by atoms with Crippen molar-refractivity contribution < 1.29 is 4.79 Å². The smallest absolute Gasteiger partial charge is 0.250 e. The number of aromatic amines is 1. The molecule has 1 aromatic heterocycles. The SMILES string of the molecule is NC(=O)c1ccc(CBr)c2nc[nH]c12. The number of imidazole rings is 1. The Morgan fingerprint density at radius 1 is 1.57 bits per heavy atom. The fraction of sp³-hybridized carbons (Fsp3) is 0.111. The number of hydrogen-bond donors (Lipinski definition) is 2. The number of rotatable bonds is 2. The van der Waals surface area contributed by atoms with Crippen LogP contribution in [0.15, 0.2) is 18.5 Å². The molecule has 0 aliphatic carbocycles. The number of carbonyl (C=O) groups excluding carboxylic acids is 1. The molecule has 0 radical (unpaired) electrons. The van der Waals surface area contributed by atoms with Crippen LogP contribution in [0.25, 0.3) is 11.0 Å². The van der Waals surface area contributed by atoms with Gasteiger partial charge in [-0.1, -0.05) is 22.0 Å². The van der Waals surface area contributed by atoms with Gasteiger partial charge in [0.25, 0.3) is 5.91 Å². The minimum atomic E-state index is -0.444. The number of alkyl halides is 1. The van der Waals surface area contributed by atoms with E-state index in [1.807, 2.05) is 6.07 Å². The molecule has 2 aromatic rings. The molecule has 2 rings (SSSR count). The summed E-state index contributed by atoms with van der Waals surface area (Å²) >= 11 is 3.35. The summed E-state index contributed by atoms with van der Waals surface area (Å²) in [6, 6.07) is 3.55. The van der Waals surface area contributed by atoms with E-state index in [1.165, 1.54) is 0 Å². The number of benzene rings is 1. The molecule has 0 bridgehead atoms. The number of nitrogens with zero attached hydrogens (tertiary/aromatic N) is 1. The molecule has 1 heterocycles. The molecule has 0 aliphatic rings. The van der Waals surface area contributed by atoms with Gasteiger partial charge in [-0.3, -0.25) is 4.79 Å². The molecule has 4 nitrogen and oxygen atoms in total. The third-order valence-electron chi connectivity index (χ3n) is 2.07. The van der Waals surface area contributed by atoms with Crippen LogP contribution >= 0.6 is 15.9 Å². The molecular weight excluding hydrogens is 246 g/mol. The quantitative estimate of drug-likeness (QED) is 0.798. The summed E-state index contributed by atoms with van der Waals surface area (Å²) in [4.78, 5) is 18.1. The van der Waals surface area contributed by atoms with Crippen LogP contribution in [0.2, 0.25) is 0 Å². The van der Waals surface area contributed by atoms with Gasteiger partial charge in [-0.2, -0.15) is 0 Å². The van der Waals surface area contributed by atoms with Gasteiger partial charge in [-0.25, -0.2) is 4.98 Å². The third-order valence-corrected chi connectivity index (χ3v) is 2.68. The second kappa shape index (κ2) is 3.42. The molecule has 0 atom stereocenters. The lowest BCUT2D eigenvalue weighted by Gasteiger charge is -2.01. The van der Waals surface area contributed by atoms with Gasteiger partial charge in [0.2, 0.25) is 0 Å². The number of hydrogen-bond acceptors (Lipinski definition) is 2. The highest BCUT2D eigenvalue weighted by Crippen LogP contribution is 2.20. The van der Waals surface area contributed by atoms with E-state index in [-0.39, 0.29) is 0 Å². The average Bonchev–Trinajstić information content (AvgIpc) is 2.64. The lowest BCUT2D eigenvalue weighted by molar-refractivity contribution is 0.100. The number of nitrogens with two attached hydrogens (primary N) is 1. The predicted molar refractivity (Wildman–Crippen MR) is 57.2 cm³/mol. The first-order valence-corrected chi connectivity index (χ1v) is 5.17. The summed E-state index contributed by atoms with van der Waals surface area (Å²) in [6.45, 7) is 0. The minimum absolute atomic E-state index is 0.444. The molecular formula is C9H8BrN3O. The molecule has 1 aromatic carbocycles. The average molecular weight is 254 g/mol. The van der Waals surface area contributed by atoms with E-state index in [4.69, 9.17) is 5.73 Å². The molecule has 5 heteroatoms. The van der Waals surface area contributed by atoms with Crippen LogP contribution in [0.5, 0.6) is 0 Å². The van der Waals surface area contributed by atoms with Crippen molar-refractivity contribution >= 4 is 32.9 Å². The number of amides is 1. The van der Waals surface area contributed by atoms with E-state index in [1.54, 1.807) is 12.4 Å². The number of aromatic nitrogens is 2. The summed E-state index contributed by atoms with van der Waals surface area (Å²) in [5, 5.41) is 0.702. The monoisotopic (exact) mass is 253 g/mol. The van der Waals surface area contributed by atoms with Gasteiger partial charge < -0.3 is 10.7 Å². The van der Waals surface area contributed by atoms with Crippen LogP contribution in [0.3, 0.4) is 0 Å². The van der Waals surface area contributed by atoms with Gasteiger partial charge in [0, 0.05) is 5.33 Å². The highest BCUT2D eigenvalue weighted by Gasteiger charge is 2.10. The fourth-order valence-electron chi connectivity index (χ4n) is 1.40. The Bertz CT molecular complexity index is 492. The molecule has 0 spiro atoms. The normalized spacial score (nSPS) is 10.6. The van der Waals surface area contributed by atoms with Gasteiger partial charge in [0.05, 0.1) is 22.9 Å². The summed E-state index contributed by atoms with van der Waals surface area (Å²) in [5.41, 5.74) is 8.23. The Hall–Kier alpha value is -1.36. The van der Waals surface area contributed by atoms with Crippen LogP contribution in [0.1, 0.15) is 15.9 Å². The van der Waals surface area contributed by atoms with E-state index in [0.717, 1.165) is 11.1 Å². The van der Waals surface area contributed by atoms with Gasteiger partial charge in [0.1, 0.15) is 0 Å². The van der Waals surface area contributed by atoms with Crippen molar-refractivity contribution in [3.8, 4) is 0 Å². The predicted octanol–water partition coefficient (Wildman–Crippen LogP) is 1.56. The Morgan fingerprint density at radius 2 is 2.36 bits per heavy atom. The Labute approximate surface area is 88.6 Å². The number of halogens is 1. The van der Waals surface area contributed by atoms with E-state index < -0.39 is 5.91 Å². The maximum Gasteiger partial charge on any atom is 0.250 e. The standard InChI is InChI=1S/C9H8BrN3O/c10-3-5-1-2-6(9(11)14)8-7(5)12-4-13-8/h1-2,4H,3H2,(H2,11,14)(H,12,13). The van der Waals surface area contributed by atoms with E-state index >= 15 is 0 Å². The first kappa shape index (κ1) is 9.21. The second-order valence-corrected chi connectivity index (χ2v) is 3.46. The van der Waals surface area contributed by atoms with Crippen molar-refractivity contribution in [2.75, 3.05) is 0 Å². The summed E-state index contributed by atoms with van der Waals surface area (Å²) in [7, 11) is 0. The molecule has 72 valence electrons. The summed E-state index contributed by atoms with van der Waals surface area (Å²) < 4.78 is 0. The number of H-pyrrole nitrogens is 1. The Morgan fingerprint density at radius 3 is 3.00 bits per heavy atom. The molecule has 0 fully saturated rings. The van der Waals surface area contributed by atoms with Crippen LogP contribution in [0.4, 0.5) is 0 Å². The molecule has 0 saturated carbocycles. The van der Waals surface area contributed by atoms with Crippen molar-refractivity contribution in [2.24, 2.45) is 5.73 Å². The molecule has 3 N–H and O–H groups in total. The first-order valence-electron chi connectivity index (χ1n) is 4.04. The highest BCUT2D eigenvalue weighted by molar-refractivity contribution is 9.08. The summed E-state index contributed by atoms with van der Waals surface area (Å²) in [6.07, 6.45) is 1.56. The molecule has 0 saturated heterocycles. The van der Waals surface area contributed by atoms with E-state index in [9.17, 15) is 4.79 Å². The highest BCUT2D eigenvalue weighted by atomic mass is 79.9.